The van der Waals surface area contributed by atoms with Gasteiger partial charge in [0.25, 0.3) is 5.91 Å². The normalized spacial score (nSPS) is 14.9. The van der Waals surface area contributed by atoms with Crippen LogP contribution in [0.15, 0.2) is 40.5 Å². The van der Waals surface area contributed by atoms with Crippen LogP contribution in [0.5, 0.6) is 0 Å². The summed E-state index contributed by atoms with van der Waals surface area (Å²) in [6.45, 7) is 10.0. The number of unbranched alkanes of at least 4 members (excludes halogenated alkanes) is 1. The quantitative estimate of drug-likeness (QED) is 0.0227. The van der Waals surface area contributed by atoms with Gasteiger partial charge in [0.1, 0.15) is 6.04 Å². The number of nitrogens with one attached hydrogen (secondary N) is 8. The molecule has 8 amide bonds. The summed E-state index contributed by atoms with van der Waals surface area (Å²) in [7, 11) is 6.20. The fourth-order valence-electron chi connectivity index (χ4n) is 3.08. The first-order chi connectivity index (χ1) is 30.2. The Morgan fingerprint density at radius 1 is 0.938 bits per heavy atom. The van der Waals surface area contributed by atoms with E-state index in [1.807, 2.05) is 30.4 Å². The molecule has 1 aliphatic heterocycles. The number of guanidine groups is 1. The molecule has 2 atom stereocenters. The van der Waals surface area contributed by atoms with Crippen molar-refractivity contribution in [2.45, 2.75) is 65.3 Å². The number of nitrogens with two attached hydrogens (primary N) is 3. The standard InChI is InChI=1S/C13H22N6O5S2.C7H8.C5H13N3.C5H13N.C3H6N2O2.C2H3NO2.C2H4OS2/c1-7-18-12(23)5-16-10(21)3-15-11(22)4-17-13(24)8(6-25-26-7)19-9(20)2-14;1-7-5-3-2-4-6-7;1-3-4-8-5(6)7-2;1-3-4-5-6-2;4-3(7)1-5-2-6;1-2(4)3-5;3-2(5)1-4/h7-8H,2-6,14H2,1H3,(H,15,22)(H,16,21)(H,17,24)(H,18,23)(H,19,20);2-6H,1H3;3-4H2,1-2H3,(H3,6,7,8);6H,3-5H2,1-2H3;2H,1H2,(H2,4,7)(H,5,6);1H3;4H,1H2,(H,3,5). The van der Waals surface area contributed by atoms with Gasteiger partial charge in [-0.15, -0.1) is 17.5 Å². The fraction of sp³-hybridized carbons (Fsp3) is 0.568. The Hall–Kier alpha value is -4.96. The first kappa shape index (κ1) is 68.1. The molecule has 27 heteroatoms. The maximum atomic E-state index is 12.2. The second-order valence-electron chi connectivity index (χ2n) is 12.0. The molecule has 1 heterocycles. The van der Waals surface area contributed by atoms with Crippen LogP contribution in [0.25, 0.3) is 0 Å². The highest BCUT2D eigenvalue weighted by Crippen LogP contribution is 2.25. The van der Waals surface area contributed by atoms with Crippen LogP contribution in [0, 0.1) is 11.8 Å². The van der Waals surface area contributed by atoms with Crippen LogP contribution in [0.2, 0.25) is 0 Å². The number of benzene rings is 1. The summed E-state index contributed by atoms with van der Waals surface area (Å²) in [5.41, 5.74) is 16.5. The Labute approximate surface area is 394 Å². The second kappa shape index (κ2) is 50.7. The summed E-state index contributed by atoms with van der Waals surface area (Å²) in [6, 6.07) is 9.37. The van der Waals surface area contributed by atoms with Gasteiger partial charge in [-0.1, -0.05) is 77.8 Å². The molecule has 14 N–H and O–H groups in total. The summed E-state index contributed by atoms with van der Waals surface area (Å²) in [5.74, 6) is -2.81. The van der Waals surface area contributed by atoms with Crippen LogP contribution in [0.1, 0.15) is 52.5 Å². The van der Waals surface area contributed by atoms with Crippen molar-refractivity contribution in [1.29, 1.82) is 0 Å². The van der Waals surface area contributed by atoms with Crippen molar-refractivity contribution in [3.05, 3.63) is 40.8 Å². The first-order valence-electron chi connectivity index (χ1n) is 19.4. The molecule has 0 aromatic heterocycles. The number of rotatable bonds is 11. The SMILES string of the molecule is CC(=O)N=O.CC1NC(=O)CNC(=O)CNC(=O)CNC(=O)C(NC(=O)CN)CSS1.CCCCNC.CCCNC(N)=NC.Cc1ccccc1.NC(=O)CNC=O.O=C(S)CS. The zero-order chi connectivity index (χ0) is 50.1. The number of primary amides is 1. The highest BCUT2D eigenvalue weighted by atomic mass is 33.1. The molecule has 2 unspecified atom stereocenters. The molecule has 2 rings (SSSR count). The van der Waals surface area contributed by atoms with Gasteiger partial charge in [0.15, 0.2) is 11.1 Å². The van der Waals surface area contributed by atoms with Crippen molar-refractivity contribution in [3.63, 3.8) is 0 Å². The predicted molar refractivity (Wildman–Crippen MR) is 261 cm³/mol. The van der Waals surface area contributed by atoms with Gasteiger partial charge in [-0.3, -0.25) is 48.1 Å². The number of hydrogen-bond donors (Lipinski definition) is 13. The molecule has 0 spiro atoms. The Bertz CT molecular complexity index is 1500. The van der Waals surface area contributed by atoms with E-state index in [1.54, 1.807) is 14.0 Å². The number of nitrogens with zero attached hydrogens (tertiary/aromatic N) is 2. The van der Waals surface area contributed by atoms with E-state index >= 15 is 0 Å². The maximum absolute atomic E-state index is 12.2. The number of aryl methyl sites for hydroxylation is 1. The molecule has 0 radical (unpaired) electrons. The molecule has 1 aromatic carbocycles. The van der Waals surface area contributed by atoms with Crippen molar-refractivity contribution in [1.82, 2.24) is 42.5 Å². The van der Waals surface area contributed by atoms with Crippen LogP contribution >= 0.6 is 46.8 Å². The summed E-state index contributed by atoms with van der Waals surface area (Å²) >= 11 is 6.97. The van der Waals surface area contributed by atoms with Crippen molar-refractivity contribution in [2.75, 3.05) is 71.4 Å². The Balaban J connectivity index is -0.000000248. The average Bonchev–Trinajstić information content (AvgIpc) is 3.27. The number of aliphatic imine (C=N–C) groups is 1. The van der Waals surface area contributed by atoms with Crippen molar-refractivity contribution in [3.8, 4) is 0 Å². The lowest BCUT2D eigenvalue weighted by atomic mass is 10.2. The zero-order valence-corrected chi connectivity index (χ0v) is 40.9. The smallest absolute Gasteiger partial charge is 0.283 e. The number of carbonyl (C=O) groups is 9. The highest BCUT2D eigenvalue weighted by molar-refractivity contribution is 8.76. The average molecular weight is 984 g/mol. The molecule has 1 saturated heterocycles. The van der Waals surface area contributed by atoms with Gasteiger partial charge in [0, 0.05) is 31.4 Å². The van der Waals surface area contributed by atoms with E-state index in [4.69, 9.17) is 16.4 Å². The number of hydrogen-bond acceptors (Lipinski definition) is 16. The highest BCUT2D eigenvalue weighted by Gasteiger charge is 2.22. The Morgan fingerprint density at radius 2 is 1.47 bits per heavy atom. The minimum Gasteiger partial charge on any atom is -0.370 e. The molecular weight excluding hydrogens is 915 g/mol. The molecule has 366 valence electrons. The third kappa shape index (κ3) is 59.1. The third-order valence-corrected chi connectivity index (χ3v) is 9.49. The first-order valence-corrected chi connectivity index (χ1v) is 22.8. The predicted octanol–water partition coefficient (Wildman–Crippen LogP) is -1.54. The summed E-state index contributed by atoms with van der Waals surface area (Å²) in [4.78, 5) is 109. The summed E-state index contributed by atoms with van der Waals surface area (Å²) < 4.78 is 0. The van der Waals surface area contributed by atoms with E-state index in [9.17, 15) is 43.2 Å². The summed E-state index contributed by atoms with van der Waals surface area (Å²) in [5, 5.41) is 21.8. The minimum absolute atomic E-state index is 0.0799. The largest absolute Gasteiger partial charge is 0.370 e. The Kier molecular flexibility index (Phi) is 53.9. The van der Waals surface area contributed by atoms with E-state index in [0.29, 0.717) is 12.4 Å². The monoisotopic (exact) mass is 983 g/mol. The van der Waals surface area contributed by atoms with Gasteiger partial charge >= 0.3 is 0 Å². The maximum Gasteiger partial charge on any atom is 0.283 e. The molecule has 0 aliphatic carbocycles. The molecule has 0 saturated carbocycles. The topological polar surface area (TPSA) is 370 Å². The minimum atomic E-state index is -0.893. The molecule has 1 fully saturated rings. The van der Waals surface area contributed by atoms with E-state index < -0.39 is 41.5 Å². The molecule has 23 nitrogen and oxygen atoms in total. The number of thiol groups is 2. The van der Waals surface area contributed by atoms with Crippen LogP contribution in [-0.4, -0.2) is 142 Å². The zero-order valence-electron chi connectivity index (χ0n) is 37.5. The fourth-order valence-corrected chi connectivity index (χ4v) is 5.32. The van der Waals surface area contributed by atoms with Gasteiger partial charge in [-0.2, -0.15) is 12.6 Å². The van der Waals surface area contributed by atoms with Crippen molar-refractivity contribution in [2.24, 2.45) is 27.4 Å². The van der Waals surface area contributed by atoms with Gasteiger partial charge in [0.2, 0.25) is 41.9 Å². The van der Waals surface area contributed by atoms with Gasteiger partial charge in [-0.05, 0) is 40.3 Å². The van der Waals surface area contributed by atoms with E-state index in [1.165, 1.54) is 40.0 Å². The Morgan fingerprint density at radius 3 is 1.83 bits per heavy atom. The lowest BCUT2D eigenvalue weighted by Gasteiger charge is -2.19. The van der Waals surface area contributed by atoms with Crippen LogP contribution in [0.4, 0.5) is 0 Å². The number of carbonyl (C=O) groups excluding carboxylic acids is 9. The second-order valence-corrected chi connectivity index (χ2v) is 15.5. The lowest BCUT2D eigenvalue weighted by Crippen LogP contribution is -2.52. The molecule has 0 bridgehead atoms. The van der Waals surface area contributed by atoms with Crippen molar-refractivity contribution >= 4 is 106 Å². The molecule has 1 aliphatic rings. The van der Waals surface area contributed by atoms with Crippen LogP contribution in [-0.2, 0) is 43.2 Å². The van der Waals surface area contributed by atoms with Gasteiger partial charge < -0.3 is 59.7 Å². The summed E-state index contributed by atoms with van der Waals surface area (Å²) in [6.07, 6.45) is 4.10. The number of nitroso groups, excluding NO2 is 1. The lowest BCUT2D eigenvalue weighted by molar-refractivity contribution is -0.130. The van der Waals surface area contributed by atoms with E-state index in [2.05, 4.69) is 111 Å². The van der Waals surface area contributed by atoms with Crippen LogP contribution in [0.3, 0.4) is 0 Å². The number of amides is 8. The van der Waals surface area contributed by atoms with Crippen LogP contribution < -0.4 is 59.7 Å². The third-order valence-electron chi connectivity index (χ3n) is 6.11. The van der Waals surface area contributed by atoms with Gasteiger partial charge in [0.05, 0.1) is 43.9 Å². The van der Waals surface area contributed by atoms with Gasteiger partial charge in [-0.25, -0.2) is 0 Å². The van der Waals surface area contributed by atoms with Crippen molar-refractivity contribution < 1.29 is 43.2 Å². The van der Waals surface area contributed by atoms with E-state index in [-0.39, 0.29) is 60.6 Å². The molecule has 64 heavy (non-hydrogen) atoms. The molecule has 1 aromatic rings. The molecular formula is C37H69N13O10S4. The van der Waals surface area contributed by atoms with E-state index in [0.717, 1.165) is 26.4 Å².